The molecule has 0 aliphatic heterocycles. The summed E-state index contributed by atoms with van der Waals surface area (Å²) < 4.78 is 2.83. The van der Waals surface area contributed by atoms with Crippen LogP contribution in [0.2, 0.25) is 0 Å². The van der Waals surface area contributed by atoms with E-state index < -0.39 is 0 Å². The van der Waals surface area contributed by atoms with Gasteiger partial charge in [-0.1, -0.05) is 40.1 Å². The number of nitrogens with zero attached hydrogens (tertiary/aromatic N) is 4. The Kier molecular flexibility index (Phi) is 7.27. The van der Waals surface area contributed by atoms with Crippen LogP contribution in [0.4, 0.5) is 5.69 Å². The van der Waals surface area contributed by atoms with E-state index in [0.717, 1.165) is 64.6 Å². The quantitative estimate of drug-likeness (QED) is 0.295. The molecule has 3 N–H and O–H groups in total. The van der Waals surface area contributed by atoms with Crippen LogP contribution in [0.3, 0.4) is 0 Å². The number of oxime groups is 1. The number of anilines is 1. The summed E-state index contributed by atoms with van der Waals surface area (Å²) in [5, 5.41) is 24.5. The van der Waals surface area contributed by atoms with Gasteiger partial charge in [-0.25, -0.2) is 9.67 Å². The SMILES string of the molecule is CCC(NC(=O)c1cnc2c(cnn2CC)c1NC1CCC(=NO)CC1)c1ccc(Br)cc1. The summed E-state index contributed by atoms with van der Waals surface area (Å²) in [6, 6.07) is 8.07. The van der Waals surface area contributed by atoms with Crippen LogP contribution in [0.5, 0.6) is 0 Å². The maximum absolute atomic E-state index is 13.5. The number of carbonyl (C=O) groups excluding carboxylic acids is 1. The van der Waals surface area contributed by atoms with E-state index in [4.69, 9.17) is 5.21 Å². The molecule has 33 heavy (non-hydrogen) atoms. The van der Waals surface area contributed by atoms with Crippen molar-refractivity contribution in [3.63, 3.8) is 0 Å². The smallest absolute Gasteiger partial charge is 0.255 e. The van der Waals surface area contributed by atoms with Crippen molar-refractivity contribution >= 4 is 44.3 Å². The van der Waals surface area contributed by atoms with Crippen LogP contribution in [0, 0.1) is 0 Å². The number of hydrogen-bond donors (Lipinski definition) is 3. The zero-order valence-corrected chi connectivity index (χ0v) is 20.5. The van der Waals surface area contributed by atoms with Crippen LogP contribution in [0.1, 0.15) is 67.9 Å². The largest absolute Gasteiger partial charge is 0.411 e. The Bertz CT molecular complexity index is 1150. The van der Waals surface area contributed by atoms with Gasteiger partial charge < -0.3 is 15.8 Å². The fraction of sp³-hybridized carbons (Fsp3) is 0.417. The average Bonchev–Trinajstić information content (AvgIpc) is 3.27. The number of carbonyl (C=O) groups is 1. The molecule has 1 saturated carbocycles. The van der Waals surface area contributed by atoms with Crippen molar-refractivity contribution in [2.24, 2.45) is 5.16 Å². The number of nitrogens with one attached hydrogen (secondary N) is 2. The Morgan fingerprint density at radius 2 is 1.97 bits per heavy atom. The van der Waals surface area contributed by atoms with Gasteiger partial charge in [-0.15, -0.1) is 0 Å². The lowest BCUT2D eigenvalue weighted by Gasteiger charge is -2.26. The number of amides is 1. The molecular weight excluding hydrogens is 484 g/mol. The third-order valence-electron chi connectivity index (χ3n) is 6.25. The first-order valence-corrected chi connectivity index (χ1v) is 12.2. The van der Waals surface area contributed by atoms with Gasteiger partial charge in [-0.2, -0.15) is 5.10 Å². The maximum atomic E-state index is 13.5. The fourth-order valence-electron chi connectivity index (χ4n) is 4.34. The highest BCUT2D eigenvalue weighted by atomic mass is 79.9. The molecule has 8 nitrogen and oxygen atoms in total. The monoisotopic (exact) mass is 512 g/mol. The molecule has 2 heterocycles. The van der Waals surface area contributed by atoms with Crippen LogP contribution < -0.4 is 10.6 Å². The molecule has 4 rings (SSSR count). The Morgan fingerprint density at radius 3 is 2.61 bits per heavy atom. The molecule has 1 atom stereocenters. The van der Waals surface area contributed by atoms with Gasteiger partial charge >= 0.3 is 0 Å². The highest BCUT2D eigenvalue weighted by Crippen LogP contribution is 2.30. The molecule has 0 saturated heterocycles. The minimum atomic E-state index is -0.167. The summed E-state index contributed by atoms with van der Waals surface area (Å²) in [6.45, 7) is 4.77. The summed E-state index contributed by atoms with van der Waals surface area (Å²) in [6.07, 6.45) is 7.34. The fourth-order valence-corrected chi connectivity index (χ4v) is 4.60. The first-order valence-electron chi connectivity index (χ1n) is 11.4. The summed E-state index contributed by atoms with van der Waals surface area (Å²) in [7, 11) is 0. The number of fused-ring (bicyclic) bond motifs is 1. The van der Waals surface area contributed by atoms with Gasteiger partial charge in [0.05, 0.1) is 34.6 Å². The first-order chi connectivity index (χ1) is 16.0. The van der Waals surface area contributed by atoms with Gasteiger partial charge in [-0.3, -0.25) is 4.79 Å². The van der Waals surface area contributed by atoms with Crippen molar-refractivity contribution in [2.45, 2.75) is 64.6 Å². The zero-order chi connectivity index (χ0) is 23.4. The summed E-state index contributed by atoms with van der Waals surface area (Å²) in [5.41, 5.74) is 3.90. The van der Waals surface area contributed by atoms with Crippen LogP contribution in [-0.4, -0.2) is 37.6 Å². The highest BCUT2D eigenvalue weighted by molar-refractivity contribution is 9.10. The van der Waals surface area contributed by atoms with E-state index in [1.165, 1.54) is 0 Å². The molecule has 1 amide bonds. The number of rotatable bonds is 7. The molecule has 1 fully saturated rings. The lowest BCUT2D eigenvalue weighted by Crippen LogP contribution is -2.31. The van der Waals surface area contributed by atoms with Crippen molar-refractivity contribution in [1.29, 1.82) is 0 Å². The Morgan fingerprint density at radius 1 is 1.24 bits per heavy atom. The molecule has 9 heteroatoms. The van der Waals surface area contributed by atoms with E-state index in [0.29, 0.717) is 12.1 Å². The molecule has 0 radical (unpaired) electrons. The second-order valence-corrected chi connectivity index (χ2v) is 9.23. The molecule has 1 aromatic carbocycles. The zero-order valence-electron chi connectivity index (χ0n) is 18.9. The number of benzene rings is 1. The van der Waals surface area contributed by atoms with Crippen molar-refractivity contribution in [2.75, 3.05) is 5.32 Å². The second kappa shape index (κ2) is 10.3. The van der Waals surface area contributed by atoms with Crippen molar-refractivity contribution < 1.29 is 10.0 Å². The van der Waals surface area contributed by atoms with Crippen molar-refractivity contribution in [3.05, 3.63) is 52.3 Å². The van der Waals surface area contributed by atoms with Crippen LogP contribution in [0.25, 0.3) is 11.0 Å². The predicted molar refractivity (Wildman–Crippen MR) is 133 cm³/mol. The third kappa shape index (κ3) is 5.03. The normalized spacial score (nSPS) is 17.1. The number of aryl methyl sites for hydroxylation is 1. The van der Waals surface area contributed by atoms with Gasteiger partial charge in [0.15, 0.2) is 5.65 Å². The van der Waals surface area contributed by atoms with E-state index >= 15 is 0 Å². The predicted octanol–water partition coefficient (Wildman–Crippen LogP) is 5.28. The van der Waals surface area contributed by atoms with Gasteiger partial charge in [0.2, 0.25) is 0 Å². The molecule has 3 aromatic rings. The standard InChI is InChI=1S/C24H29BrN6O2/c1-3-21(15-5-7-16(25)8-6-15)29-24(32)20-13-26-23-19(14-27-31(23)4-2)22(20)28-17-9-11-18(30-33)12-10-17/h5-8,13-14,17,21,33H,3-4,9-12H2,1-2H3,(H,26,28)(H,29,32). The van der Waals surface area contributed by atoms with Crippen molar-refractivity contribution in [1.82, 2.24) is 20.1 Å². The van der Waals surface area contributed by atoms with E-state index in [1.807, 2.05) is 35.9 Å². The lowest BCUT2D eigenvalue weighted by atomic mass is 9.93. The molecular formula is C24H29BrN6O2. The van der Waals surface area contributed by atoms with Crippen LogP contribution >= 0.6 is 15.9 Å². The van der Waals surface area contributed by atoms with Gasteiger partial charge in [0.25, 0.3) is 5.91 Å². The van der Waals surface area contributed by atoms with Crippen LogP contribution in [-0.2, 0) is 6.54 Å². The third-order valence-corrected chi connectivity index (χ3v) is 6.78. The summed E-state index contributed by atoms with van der Waals surface area (Å²) in [5.74, 6) is -0.167. The summed E-state index contributed by atoms with van der Waals surface area (Å²) >= 11 is 3.47. The topological polar surface area (TPSA) is 104 Å². The van der Waals surface area contributed by atoms with Gasteiger partial charge in [0.1, 0.15) is 0 Å². The van der Waals surface area contributed by atoms with Crippen molar-refractivity contribution in [3.8, 4) is 0 Å². The molecule has 1 aliphatic rings. The van der Waals surface area contributed by atoms with Gasteiger partial charge in [0, 0.05) is 23.3 Å². The minimum Gasteiger partial charge on any atom is -0.411 e. The first kappa shape index (κ1) is 23.2. The number of aromatic nitrogens is 3. The van der Waals surface area contributed by atoms with E-state index in [1.54, 1.807) is 12.4 Å². The number of hydrogen-bond acceptors (Lipinski definition) is 6. The Hall–Kier alpha value is -2.94. The summed E-state index contributed by atoms with van der Waals surface area (Å²) in [4.78, 5) is 18.0. The van der Waals surface area contributed by atoms with E-state index in [2.05, 4.69) is 48.7 Å². The number of pyridine rings is 1. The minimum absolute atomic E-state index is 0.106. The Labute approximate surface area is 201 Å². The number of halogens is 1. The molecule has 1 unspecified atom stereocenters. The molecule has 0 spiro atoms. The van der Waals surface area contributed by atoms with E-state index in [9.17, 15) is 4.79 Å². The second-order valence-electron chi connectivity index (χ2n) is 8.32. The van der Waals surface area contributed by atoms with E-state index in [-0.39, 0.29) is 18.0 Å². The Balaban J connectivity index is 1.65. The van der Waals surface area contributed by atoms with Gasteiger partial charge in [-0.05, 0) is 56.7 Å². The lowest BCUT2D eigenvalue weighted by molar-refractivity contribution is 0.0936. The molecule has 2 aromatic heterocycles. The maximum Gasteiger partial charge on any atom is 0.255 e. The molecule has 1 aliphatic carbocycles. The molecule has 0 bridgehead atoms. The highest BCUT2D eigenvalue weighted by Gasteiger charge is 2.24. The average molecular weight is 513 g/mol. The molecule has 174 valence electrons. The van der Waals surface area contributed by atoms with Crippen LogP contribution in [0.15, 0.2) is 46.3 Å².